The summed E-state index contributed by atoms with van der Waals surface area (Å²) >= 11 is 3.46. The smallest absolute Gasteiger partial charge is 0.253 e. The van der Waals surface area contributed by atoms with Crippen molar-refractivity contribution in [2.75, 3.05) is 19.6 Å². The summed E-state index contributed by atoms with van der Waals surface area (Å²) in [6.07, 6.45) is 4.13. The summed E-state index contributed by atoms with van der Waals surface area (Å²) in [6.45, 7) is 3.19. The zero-order valence-corrected chi connectivity index (χ0v) is 17.6. The van der Waals surface area contributed by atoms with E-state index in [1.807, 2.05) is 47.0 Å². The van der Waals surface area contributed by atoms with Crippen LogP contribution in [0.1, 0.15) is 39.3 Å². The number of carbonyl (C=O) groups excluding carboxylic acids is 2. The molecule has 3 saturated heterocycles. The summed E-state index contributed by atoms with van der Waals surface area (Å²) in [4.78, 5) is 28.8. The molecule has 5 nitrogen and oxygen atoms in total. The number of aromatic nitrogens is 1. The first-order valence-corrected chi connectivity index (χ1v) is 10.8. The Morgan fingerprint density at radius 3 is 2.48 bits per heavy atom. The summed E-state index contributed by atoms with van der Waals surface area (Å²) in [5.74, 6) is 0.346. The molecular weight excluding hydrogens is 430 g/mol. The third-order valence-electron chi connectivity index (χ3n) is 6.24. The molecule has 0 unspecified atom stereocenters. The monoisotopic (exact) mass is 451 g/mol. The van der Waals surface area contributed by atoms with Gasteiger partial charge in [0.15, 0.2) is 0 Å². The van der Waals surface area contributed by atoms with Crippen LogP contribution in [0.3, 0.4) is 0 Å². The van der Waals surface area contributed by atoms with Crippen molar-refractivity contribution in [3.8, 4) is 0 Å². The van der Waals surface area contributed by atoms with Crippen molar-refractivity contribution in [2.24, 2.45) is 5.92 Å². The number of nitrogens with one attached hydrogen (secondary N) is 1. The number of halogens is 1. The Bertz CT molecular complexity index is 1100. The molecule has 2 bridgehead atoms. The lowest BCUT2D eigenvalue weighted by Crippen LogP contribution is -2.57. The minimum atomic E-state index is -0.111. The summed E-state index contributed by atoms with van der Waals surface area (Å²) in [6, 6.07) is 14.9. The van der Waals surface area contributed by atoms with Gasteiger partial charge in [-0.05, 0) is 62.2 Å². The van der Waals surface area contributed by atoms with Gasteiger partial charge in [-0.2, -0.15) is 0 Å². The van der Waals surface area contributed by atoms with E-state index in [9.17, 15) is 9.59 Å². The fourth-order valence-corrected chi connectivity index (χ4v) is 5.13. The van der Waals surface area contributed by atoms with Gasteiger partial charge in [0.1, 0.15) is 0 Å². The van der Waals surface area contributed by atoms with Crippen molar-refractivity contribution < 1.29 is 9.59 Å². The lowest BCUT2D eigenvalue weighted by atomic mass is 9.84. The van der Waals surface area contributed by atoms with Crippen LogP contribution >= 0.6 is 15.9 Å². The molecule has 3 aromatic rings. The number of benzene rings is 1. The normalized spacial score (nSPS) is 23.3. The number of pyridine rings is 1. The predicted molar refractivity (Wildman–Crippen MR) is 115 cm³/mol. The highest BCUT2D eigenvalue weighted by molar-refractivity contribution is 9.10. The summed E-state index contributed by atoms with van der Waals surface area (Å²) in [5, 5.41) is 3.25. The van der Waals surface area contributed by atoms with Crippen LogP contribution < -0.4 is 5.32 Å². The molecule has 0 spiro atoms. The van der Waals surface area contributed by atoms with Crippen LogP contribution in [0, 0.1) is 5.92 Å². The lowest BCUT2D eigenvalue weighted by molar-refractivity contribution is 0.0621. The Balaban J connectivity index is 1.49. The zero-order chi connectivity index (χ0) is 20.0. The minimum absolute atomic E-state index is 0.0985. The molecule has 3 aliphatic rings. The van der Waals surface area contributed by atoms with Gasteiger partial charge in [-0.3, -0.25) is 9.59 Å². The Hall–Kier alpha value is -2.44. The van der Waals surface area contributed by atoms with Crippen molar-refractivity contribution in [3.05, 3.63) is 76.0 Å². The maximum atomic E-state index is 13.2. The number of fused-ring (bicyclic) bond motifs is 4. The van der Waals surface area contributed by atoms with Gasteiger partial charge < -0.3 is 14.6 Å². The molecule has 1 N–H and O–H groups in total. The molecule has 6 rings (SSSR count). The van der Waals surface area contributed by atoms with Gasteiger partial charge in [-0.15, -0.1) is 0 Å². The molecule has 1 aromatic carbocycles. The molecule has 0 radical (unpaired) electrons. The van der Waals surface area contributed by atoms with Gasteiger partial charge >= 0.3 is 0 Å². The fourth-order valence-electron chi connectivity index (χ4n) is 4.67. The number of ketones is 1. The Labute approximate surface area is 177 Å². The molecular formula is C23H22BrN3O2. The van der Waals surface area contributed by atoms with Crippen molar-refractivity contribution >= 4 is 33.1 Å². The van der Waals surface area contributed by atoms with Crippen LogP contribution in [0.2, 0.25) is 0 Å². The highest BCUT2D eigenvalue weighted by Gasteiger charge is 2.35. The molecule has 29 heavy (non-hydrogen) atoms. The van der Waals surface area contributed by atoms with Crippen LogP contribution in [0.4, 0.5) is 0 Å². The molecule has 0 aliphatic carbocycles. The molecule has 148 valence electrons. The molecule has 2 aromatic heterocycles. The molecule has 1 atom stereocenters. The van der Waals surface area contributed by atoms with E-state index < -0.39 is 0 Å². The number of amides is 1. The van der Waals surface area contributed by atoms with Gasteiger partial charge in [-0.1, -0.05) is 34.1 Å². The van der Waals surface area contributed by atoms with Crippen molar-refractivity contribution in [1.29, 1.82) is 0 Å². The fraction of sp³-hybridized carbons (Fsp3) is 0.304. The molecule has 6 heteroatoms. The van der Waals surface area contributed by atoms with Gasteiger partial charge in [0, 0.05) is 28.8 Å². The highest BCUT2D eigenvalue weighted by Crippen LogP contribution is 2.28. The van der Waals surface area contributed by atoms with Crippen molar-refractivity contribution in [2.45, 2.75) is 18.9 Å². The molecule has 5 heterocycles. The first-order valence-electron chi connectivity index (χ1n) is 10.0. The first-order chi connectivity index (χ1) is 14.1. The van der Waals surface area contributed by atoms with E-state index >= 15 is 0 Å². The molecule has 0 saturated carbocycles. The number of piperidine rings is 3. The van der Waals surface area contributed by atoms with Crippen molar-refractivity contribution in [3.63, 3.8) is 0 Å². The second kappa shape index (κ2) is 7.43. The van der Waals surface area contributed by atoms with E-state index in [0.717, 1.165) is 42.5 Å². The van der Waals surface area contributed by atoms with E-state index in [1.165, 1.54) is 0 Å². The van der Waals surface area contributed by atoms with Crippen LogP contribution in [0.5, 0.6) is 0 Å². The minimum Gasteiger partial charge on any atom is -0.348 e. The van der Waals surface area contributed by atoms with E-state index in [0.29, 0.717) is 22.7 Å². The summed E-state index contributed by atoms with van der Waals surface area (Å²) in [7, 11) is 0. The summed E-state index contributed by atoms with van der Waals surface area (Å²) in [5.41, 5.74) is 2.38. The van der Waals surface area contributed by atoms with Crippen LogP contribution in [0.25, 0.3) is 5.52 Å². The molecule has 1 amide bonds. The third kappa shape index (κ3) is 3.30. The second-order valence-corrected chi connectivity index (χ2v) is 8.78. The van der Waals surface area contributed by atoms with Crippen LogP contribution in [0.15, 0.2) is 59.2 Å². The Morgan fingerprint density at radius 1 is 1.00 bits per heavy atom. The van der Waals surface area contributed by atoms with E-state index in [4.69, 9.17) is 0 Å². The van der Waals surface area contributed by atoms with Gasteiger partial charge in [0.05, 0.1) is 16.8 Å². The zero-order valence-electron chi connectivity index (χ0n) is 16.0. The maximum Gasteiger partial charge on any atom is 0.253 e. The largest absolute Gasteiger partial charge is 0.348 e. The second-order valence-electron chi connectivity index (χ2n) is 7.93. The first kappa shape index (κ1) is 18.6. The Kier molecular flexibility index (Phi) is 4.76. The quantitative estimate of drug-likeness (QED) is 0.614. The van der Waals surface area contributed by atoms with E-state index in [1.54, 1.807) is 12.1 Å². The number of rotatable bonds is 4. The van der Waals surface area contributed by atoms with Crippen molar-refractivity contribution in [1.82, 2.24) is 14.6 Å². The third-order valence-corrected chi connectivity index (χ3v) is 6.94. The van der Waals surface area contributed by atoms with E-state index in [2.05, 4.69) is 26.1 Å². The van der Waals surface area contributed by atoms with Crippen LogP contribution in [-0.4, -0.2) is 46.7 Å². The molecule has 3 aliphatic heterocycles. The number of nitrogens with zero attached hydrogens (tertiary/aromatic N) is 2. The number of hydrogen-bond donors (Lipinski definition) is 1. The van der Waals surface area contributed by atoms with Gasteiger partial charge in [0.2, 0.25) is 5.78 Å². The predicted octanol–water partition coefficient (Wildman–Crippen LogP) is 3.76. The molecule has 3 fully saturated rings. The van der Waals surface area contributed by atoms with Gasteiger partial charge in [-0.25, -0.2) is 0 Å². The highest BCUT2D eigenvalue weighted by atomic mass is 79.9. The number of carbonyl (C=O) groups is 2. The average molecular weight is 452 g/mol. The van der Waals surface area contributed by atoms with Gasteiger partial charge in [0.25, 0.3) is 5.91 Å². The standard InChI is InChI=1S/C23H22BrN3O2/c24-18-6-2-1-5-16(18)22(28)21-13-17(20-7-3-4-10-27(20)21)23(29)25-19-14-26-11-8-15(19)9-12-26/h1-7,10,13,15,19H,8-9,11-12,14H2,(H,25,29)/t19-/m0/s1. The lowest BCUT2D eigenvalue weighted by Gasteiger charge is -2.44. The Morgan fingerprint density at radius 2 is 1.76 bits per heavy atom. The summed E-state index contributed by atoms with van der Waals surface area (Å²) < 4.78 is 2.56. The SMILES string of the molecule is O=C(N[C@H]1CN2CCC1CC2)c1cc(C(=O)c2ccccc2Br)n2ccccc12. The van der Waals surface area contributed by atoms with E-state index in [-0.39, 0.29) is 17.7 Å². The topological polar surface area (TPSA) is 53.8 Å². The average Bonchev–Trinajstić information content (AvgIpc) is 3.14. The number of hydrogen-bond acceptors (Lipinski definition) is 3. The maximum absolute atomic E-state index is 13.2. The van der Waals surface area contributed by atoms with Crippen LogP contribution in [-0.2, 0) is 0 Å².